The monoisotopic (exact) mass is 1070 g/mol. The summed E-state index contributed by atoms with van der Waals surface area (Å²) >= 11 is 0. The molecule has 0 saturated carbocycles. The first-order chi connectivity index (χ1) is 39.1. The van der Waals surface area contributed by atoms with Crippen LogP contribution in [0, 0.1) is 106 Å². The molecule has 0 fully saturated rings. The second kappa shape index (κ2) is 19.7. The van der Waals surface area contributed by atoms with Gasteiger partial charge in [-0.3, -0.25) is 0 Å². The van der Waals surface area contributed by atoms with Gasteiger partial charge in [0.1, 0.15) is 11.6 Å². The minimum atomic E-state index is -4.84. The molecule has 12 rings (SSSR count). The summed E-state index contributed by atoms with van der Waals surface area (Å²) in [7, 11) is 0. The highest BCUT2D eigenvalue weighted by Crippen LogP contribution is 2.47. The van der Waals surface area contributed by atoms with Gasteiger partial charge in [0.05, 0.1) is 50.6 Å². The molecule has 0 aliphatic carbocycles. The molecule has 82 heavy (non-hydrogen) atoms. The van der Waals surface area contributed by atoms with Crippen LogP contribution in [0.25, 0.3) is 111 Å². The number of aromatic nitrogens is 2. The van der Waals surface area contributed by atoms with Crippen molar-refractivity contribution >= 4 is 43.6 Å². The maximum atomic E-state index is 15.8. The number of nitrogens with zero attached hydrogens (tertiary/aromatic N) is 4. The van der Waals surface area contributed by atoms with E-state index in [1.54, 1.807) is 12.1 Å². The second-order valence-electron chi connectivity index (χ2n) is 23.0. The molecule has 0 aliphatic rings. The van der Waals surface area contributed by atoms with Gasteiger partial charge in [-0.1, -0.05) is 125 Å². The molecule has 2 aromatic heterocycles. The molecule has 0 bridgehead atoms. The molecule has 12 aromatic rings. The molecular weight excluding hydrogens is 1010 g/mol. The standard InChI is InChI=1S/C75H61F3N4/c1-40-24-44(5)70(45(6)25-40)52-16-20-58-59-21-17-53(71-46(7)26-41(2)27-47(71)8)33-65(59)81(64(58)32-52)68-36-57(74-56(38-79)14-13-15-63(74)75(76,77)78)37-69(62(68)39-80)82-66-34-54(72-48(9)28-42(3)29-49(72)10)18-22-60(66)61-23-19-55(35-67(61)82)73-50(11)30-43(4)31-51(73)12/h13-37H,1-12H3. The smallest absolute Gasteiger partial charge is 0.308 e. The molecule has 4 nitrogen and oxygen atoms in total. The molecule has 0 N–H and O–H groups in total. The maximum Gasteiger partial charge on any atom is 0.417 e. The van der Waals surface area contributed by atoms with E-state index >= 15 is 13.2 Å². The lowest BCUT2D eigenvalue weighted by Crippen LogP contribution is -2.10. The molecule has 0 atom stereocenters. The highest BCUT2D eigenvalue weighted by molar-refractivity contribution is 6.14. The van der Waals surface area contributed by atoms with Gasteiger partial charge in [-0.2, -0.15) is 23.7 Å². The number of halogens is 3. The third-order valence-corrected chi connectivity index (χ3v) is 16.9. The number of aryl methyl sites for hydroxylation is 12. The van der Waals surface area contributed by atoms with Crippen LogP contribution in [-0.4, -0.2) is 9.13 Å². The van der Waals surface area contributed by atoms with Crippen LogP contribution in [0.4, 0.5) is 13.2 Å². The zero-order valence-corrected chi connectivity index (χ0v) is 48.4. The van der Waals surface area contributed by atoms with Crippen molar-refractivity contribution in [2.75, 3.05) is 0 Å². The molecule has 0 amide bonds. The van der Waals surface area contributed by atoms with E-state index in [0.29, 0.717) is 11.4 Å². The van der Waals surface area contributed by atoms with Gasteiger partial charge in [0.15, 0.2) is 0 Å². The largest absolute Gasteiger partial charge is 0.417 e. The Balaban J connectivity index is 1.30. The van der Waals surface area contributed by atoms with Crippen LogP contribution < -0.4 is 0 Å². The Kier molecular flexibility index (Phi) is 12.8. The van der Waals surface area contributed by atoms with Crippen LogP contribution in [-0.2, 0) is 6.18 Å². The Bertz CT molecular complexity index is 4250. The summed E-state index contributed by atoms with van der Waals surface area (Å²) in [6.07, 6.45) is -4.84. The van der Waals surface area contributed by atoms with E-state index < -0.39 is 11.7 Å². The second-order valence-corrected chi connectivity index (χ2v) is 23.0. The van der Waals surface area contributed by atoms with E-state index in [2.05, 4.69) is 226 Å². The first kappa shape index (κ1) is 53.2. The fraction of sp³-hybridized carbons (Fsp3) is 0.173. The summed E-state index contributed by atoms with van der Waals surface area (Å²) in [5, 5.41) is 26.8. The number of fused-ring (bicyclic) bond motifs is 6. The highest BCUT2D eigenvalue weighted by Gasteiger charge is 2.36. The van der Waals surface area contributed by atoms with Crippen LogP contribution in [0.15, 0.2) is 152 Å². The van der Waals surface area contributed by atoms with E-state index in [4.69, 9.17) is 0 Å². The maximum absolute atomic E-state index is 15.8. The van der Waals surface area contributed by atoms with E-state index in [0.717, 1.165) is 161 Å². The Morgan fingerprint density at radius 1 is 0.329 bits per heavy atom. The molecule has 2 heterocycles. The van der Waals surface area contributed by atoms with Gasteiger partial charge in [0.25, 0.3) is 0 Å². The molecule has 0 unspecified atom stereocenters. The fourth-order valence-corrected chi connectivity index (χ4v) is 14.1. The molecule has 0 aliphatic heterocycles. The van der Waals surface area contributed by atoms with Crippen molar-refractivity contribution in [3.8, 4) is 79.1 Å². The summed E-state index contributed by atoms with van der Waals surface area (Å²) in [6, 6.07) is 55.3. The van der Waals surface area contributed by atoms with E-state index in [9.17, 15) is 10.5 Å². The fourth-order valence-electron chi connectivity index (χ4n) is 14.1. The first-order valence-electron chi connectivity index (χ1n) is 27.8. The highest BCUT2D eigenvalue weighted by atomic mass is 19.4. The minimum absolute atomic E-state index is 0.138. The Labute approximate surface area is 477 Å². The summed E-state index contributed by atoms with van der Waals surface area (Å²) in [6.45, 7) is 25.3. The Hall–Kier alpha value is -9.43. The van der Waals surface area contributed by atoms with E-state index in [-0.39, 0.29) is 22.3 Å². The third kappa shape index (κ3) is 8.66. The predicted octanol–water partition coefficient (Wildman–Crippen LogP) is 20.7. The van der Waals surface area contributed by atoms with Crippen molar-refractivity contribution in [2.24, 2.45) is 0 Å². The van der Waals surface area contributed by atoms with Gasteiger partial charge in [-0.25, -0.2) is 0 Å². The normalized spacial score (nSPS) is 11.8. The van der Waals surface area contributed by atoms with Crippen LogP contribution >= 0.6 is 0 Å². The van der Waals surface area contributed by atoms with E-state index in [1.165, 1.54) is 12.1 Å². The average molecular weight is 1080 g/mol. The topological polar surface area (TPSA) is 57.4 Å². The molecule has 7 heteroatoms. The molecule has 402 valence electrons. The summed E-state index contributed by atoms with van der Waals surface area (Å²) in [5.41, 5.74) is 24.5. The molecule has 0 radical (unpaired) electrons. The van der Waals surface area contributed by atoms with Crippen molar-refractivity contribution in [3.63, 3.8) is 0 Å². The zero-order valence-electron chi connectivity index (χ0n) is 48.4. The van der Waals surface area contributed by atoms with Gasteiger partial charge < -0.3 is 9.13 Å². The number of nitriles is 2. The van der Waals surface area contributed by atoms with Crippen molar-refractivity contribution < 1.29 is 13.2 Å². The predicted molar refractivity (Wildman–Crippen MR) is 334 cm³/mol. The van der Waals surface area contributed by atoms with Crippen molar-refractivity contribution in [3.05, 3.63) is 235 Å². The Morgan fingerprint density at radius 2 is 0.622 bits per heavy atom. The van der Waals surface area contributed by atoms with Gasteiger partial charge in [-0.05, 0) is 226 Å². The van der Waals surface area contributed by atoms with Crippen LogP contribution in [0.5, 0.6) is 0 Å². The zero-order chi connectivity index (χ0) is 58.0. The summed E-state index contributed by atoms with van der Waals surface area (Å²) in [4.78, 5) is 0. The van der Waals surface area contributed by atoms with Crippen LogP contribution in [0.1, 0.15) is 83.5 Å². The lowest BCUT2D eigenvalue weighted by Gasteiger charge is -2.21. The Morgan fingerprint density at radius 3 is 0.878 bits per heavy atom. The molecular formula is C75H61F3N4. The van der Waals surface area contributed by atoms with Gasteiger partial charge in [0, 0.05) is 27.1 Å². The van der Waals surface area contributed by atoms with Crippen LogP contribution in [0.2, 0.25) is 0 Å². The third-order valence-electron chi connectivity index (χ3n) is 16.9. The average Bonchev–Trinajstić information content (AvgIpc) is 3.56. The number of rotatable bonds is 7. The van der Waals surface area contributed by atoms with Gasteiger partial charge in [0.2, 0.25) is 0 Å². The quantitative estimate of drug-likeness (QED) is 0.160. The first-order valence-corrected chi connectivity index (χ1v) is 27.8. The number of hydrogen-bond acceptors (Lipinski definition) is 2. The lowest BCUT2D eigenvalue weighted by atomic mass is 9.92. The number of benzene rings is 10. The van der Waals surface area contributed by atoms with Crippen molar-refractivity contribution in [1.82, 2.24) is 9.13 Å². The summed E-state index contributed by atoms with van der Waals surface area (Å²) in [5.74, 6) is 0. The van der Waals surface area contributed by atoms with Gasteiger partial charge >= 0.3 is 6.18 Å². The lowest BCUT2D eigenvalue weighted by molar-refractivity contribution is -0.137. The van der Waals surface area contributed by atoms with E-state index in [1.807, 2.05) is 0 Å². The van der Waals surface area contributed by atoms with Crippen molar-refractivity contribution in [2.45, 2.75) is 89.3 Å². The van der Waals surface area contributed by atoms with Gasteiger partial charge in [-0.15, -0.1) is 0 Å². The van der Waals surface area contributed by atoms with Crippen molar-refractivity contribution in [1.29, 1.82) is 10.5 Å². The SMILES string of the molecule is Cc1cc(C)c(-c2ccc3c4ccc(-c5c(C)cc(C)cc5C)cc4n(-c4cc(-c5c(C#N)cccc5C(F)(F)F)cc(-n5c6cc(-c7c(C)cc(C)cc7C)ccc6c6ccc(-c7c(C)cc(C)cc7C)cc65)c4C#N)c3c2)c(C)c1. The molecule has 10 aromatic carbocycles. The summed E-state index contributed by atoms with van der Waals surface area (Å²) < 4.78 is 51.5. The minimum Gasteiger partial charge on any atom is -0.308 e. The molecule has 0 spiro atoms. The molecule has 0 saturated heterocycles. The van der Waals surface area contributed by atoms with Crippen LogP contribution in [0.3, 0.4) is 0 Å². The number of alkyl halides is 3. The number of hydrogen-bond donors (Lipinski definition) is 0.